The van der Waals surface area contributed by atoms with E-state index < -0.39 is 0 Å². The van der Waals surface area contributed by atoms with E-state index in [1.54, 1.807) is 0 Å². The van der Waals surface area contributed by atoms with Crippen molar-refractivity contribution < 1.29 is 4.39 Å². The molecule has 0 saturated carbocycles. The minimum absolute atomic E-state index is 0.201. The molecule has 0 unspecified atom stereocenters. The van der Waals surface area contributed by atoms with Gasteiger partial charge in [0.25, 0.3) is 0 Å². The minimum atomic E-state index is -0.201. The number of nitrogens with one attached hydrogen (secondary N) is 1. The molecule has 2 nitrogen and oxygen atoms in total. The molecule has 0 amide bonds. The summed E-state index contributed by atoms with van der Waals surface area (Å²) in [6.45, 7) is 2.87. The number of aromatic nitrogens is 2. The van der Waals surface area contributed by atoms with Gasteiger partial charge in [0.2, 0.25) is 0 Å². The number of aromatic amines is 1. The van der Waals surface area contributed by atoms with E-state index in [0.29, 0.717) is 0 Å². The number of H-pyrrole nitrogens is 1. The zero-order chi connectivity index (χ0) is 14.1. The fourth-order valence-electron chi connectivity index (χ4n) is 2.51. The van der Waals surface area contributed by atoms with Gasteiger partial charge in [-0.25, -0.2) is 4.39 Å². The van der Waals surface area contributed by atoms with Crippen molar-refractivity contribution in [3.05, 3.63) is 64.2 Å². The van der Waals surface area contributed by atoms with Crippen molar-refractivity contribution >= 4 is 23.3 Å². The highest BCUT2D eigenvalue weighted by molar-refractivity contribution is 7.71. The first-order chi connectivity index (χ1) is 9.65. The molecule has 0 aliphatic rings. The third-order valence-corrected chi connectivity index (χ3v) is 3.85. The van der Waals surface area contributed by atoms with Crippen LogP contribution in [-0.4, -0.2) is 9.55 Å². The van der Waals surface area contributed by atoms with Gasteiger partial charge in [-0.15, -0.1) is 0 Å². The van der Waals surface area contributed by atoms with Crippen LogP contribution in [0.25, 0.3) is 11.0 Å². The molecule has 0 aliphatic carbocycles. The standard InChI is InChI=1S/C16H15FN2S/c1-11-3-2-4-14-15(11)19(16(20)18-14)10-9-12-5-7-13(17)8-6-12/h2-8H,9-10H2,1H3,(H,18,20). The summed E-state index contributed by atoms with van der Waals surface area (Å²) in [6.07, 6.45) is 0.829. The molecule has 1 heterocycles. The Morgan fingerprint density at radius 2 is 1.90 bits per heavy atom. The Balaban J connectivity index is 1.93. The van der Waals surface area contributed by atoms with Gasteiger partial charge >= 0.3 is 0 Å². The lowest BCUT2D eigenvalue weighted by molar-refractivity contribution is 0.625. The number of hydrogen-bond acceptors (Lipinski definition) is 1. The first kappa shape index (κ1) is 13.1. The Hall–Kier alpha value is -1.94. The third kappa shape index (κ3) is 2.39. The second-order valence-corrected chi connectivity index (χ2v) is 5.32. The molecule has 0 fully saturated rings. The molecular weight excluding hydrogens is 271 g/mol. The zero-order valence-electron chi connectivity index (χ0n) is 11.2. The average molecular weight is 286 g/mol. The molecule has 0 radical (unpaired) electrons. The van der Waals surface area contributed by atoms with E-state index in [9.17, 15) is 4.39 Å². The van der Waals surface area contributed by atoms with Crippen LogP contribution in [0.2, 0.25) is 0 Å². The number of rotatable bonds is 3. The van der Waals surface area contributed by atoms with Crippen molar-refractivity contribution in [1.82, 2.24) is 9.55 Å². The quantitative estimate of drug-likeness (QED) is 0.708. The normalized spacial score (nSPS) is 11.1. The van der Waals surface area contributed by atoms with E-state index >= 15 is 0 Å². The van der Waals surface area contributed by atoms with Gasteiger partial charge in [0.1, 0.15) is 5.82 Å². The van der Waals surface area contributed by atoms with Crippen LogP contribution < -0.4 is 0 Å². The van der Waals surface area contributed by atoms with Crippen LogP contribution in [0.3, 0.4) is 0 Å². The van der Waals surface area contributed by atoms with Gasteiger partial charge in [-0.05, 0) is 54.9 Å². The molecule has 0 saturated heterocycles. The largest absolute Gasteiger partial charge is 0.331 e. The van der Waals surface area contributed by atoms with Crippen LogP contribution in [0.5, 0.6) is 0 Å². The van der Waals surface area contributed by atoms with E-state index in [2.05, 4.69) is 22.5 Å². The molecule has 0 spiro atoms. The first-order valence-electron chi connectivity index (χ1n) is 6.58. The lowest BCUT2D eigenvalue weighted by Gasteiger charge is -2.07. The Bertz CT molecular complexity index is 799. The van der Waals surface area contributed by atoms with Crippen molar-refractivity contribution in [2.75, 3.05) is 0 Å². The van der Waals surface area contributed by atoms with Gasteiger partial charge in [-0.2, -0.15) is 0 Å². The number of para-hydroxylation sites is 1. The third-order valence-electron chi connectivity index (χ3n) is 3.53. The summed E-state index contributed by atoms with van der Waals surface area (Å²) < 4.78 is 15.7. The van der Waals surface area contributed by atoms with Gasteiger partial charge in [0, 0.05) is 6.54 Å². The summed E-state index contributed by atoms with van der Waals surface area (Å²) in [6, 6.07) is 12.8. The number of benzene rings is 2. The molecule has 4 heteroatoms. The number of fused-ring (bicyclic) bond motifs is 1. The Kier molecular flexibility index (Phi) is 3.40. The fraction of sp³-hybridized carbons (Fsp3) is 0.188. The number of halogens is 1. The van der Waals surface area contributed by atoms with Crippen LogP contribution in [0.15, 0.2) is 42.5 Å². The van der Waals surface area contributed by atoms with Crippen LogP contribution in [-0.2, 0) is 13.0 Å². The zero-order valence-corrected chi connectivity index (χ0v) is 12.0. The highest BCUT2D eigenvalue weighted by atomic mass is 32.1. The predicted octanol–water partition coefficient (Wildman–Crippen LogP) is 4.39. The molecule has 3 rings (SSSR count). The molecule has 20 heavy (non-hydrogen) atoms. The predicted molar refractivity (Wildman–Crippen MR) is 82.0 cm³/mol. The van der Waals surface area contributed by atoms with E-state index in [-0.39, 0.29) is 5.82 Å². The van der Waals surface area contributed by atoms with Gasteiger partial charge < -0.3 is 9.55 Å². The van der Waals surface area contributed by atoms with Gasteiger partial charge in [-0.1, -0.05) is 24.3 Å². The lowest BCUT2D eigenvalue weighted by atomic mass is 10.1. The maximum Gasteiger partial charge on any atom is 0.178 e. The smallest absolute Gasteiger partial charge is 0.178 e. The first-order valence-corrected chi connectivity index (χ1v) is 6.98. The minimum Gasteiger partial charge on any atom is -0.331 e. The average Bonchev–Trinajstić information content (AvgIpc) is 2.75. The molecule has 2 aromatic carbocycles. The van der Waals surface area contributed by atoms with Gasteiger partial charge in [0.05, 0.1) is 11.0 Å². The number of imidazole rings is 1. The molecule has 0 atom stereocenters. The summed E-state index contributed by atoms with van der Waals surface area (Å²) in [5.41, 5.74) is 4.53. The molecule has 0 bridgehead atoms. The number of hydrogen-bond donors (Lipinski definition) is 1. The highest BCUT2D eigenvalue weighted by Crippen LogP contribution is 2.19. The van der Waals surface area contributed by atoms with Crippen LogP contribution in [0.1, 0.15) is 11.1 Å². The van der Waals surface area contributed by atoms with Crippen molar-refractivity contribution in [2.45, 2.75) is 19.9 Å². The SMILES string of the molecule is Cc1cccc2[nH]c(=S)n(CCc3ccc(F)cc3)c12. The Labute approximate surface area is 121 Å². The molecule has 1 N–H and O–H groups in total. The molecule has 0 aliphatic heterocycles. The summed E-state index contributed by atoms with van der Waals surface area (Å²) >= 11 is 5.40. The number of nitrogens with zero attached hydrogens (tertiary/aromatic N) is 1. The second-order valence-electron chi connectivity index (χ2n) is 4.93. The summed E-state index contributed by atoms with van der Waals surface area (Å²) in [4.78, 5) is 3.23. The second kappa shape index (κ2) is 5.21. The molecule has 1 aromatic heterocycles. The van der Waals surface area contributed by atoms with Crippen molar-refractivity contribution in [2.24, 2.45) is 0 Å². The van der Waals surface area contributed by atoms with Gasteiger partial charge in [-0.3, -0.25) is 0 Å². The lowest BCUT2D eigenvalue weighted by Crippen LogP contribution is -2.02. The fourth-order valence-corrected chi connectivity index (χ4v) is 2.80. The van der Waals surface area contributed by atoms with Crippen molar-refractivity contribution in [1.29, 1.82) is 0 Å². The topological polar surface area (TPSA) is 20.7 Å². The highest BCUT2D eigenvalue weighted by Gasteiger charge is 2.06. The Morgan fingerprint density at radius 3 is 2.65 bits per heavy atom. The van der Waals surface area contributed by atoms with E-state index in [1.165, 1.54) is 17.7 Å². The van der Waals surface area contributed by atoms with Crippen molar-refractivity contribution in [3.63, 3.8) is 0 Å². The van der Waals surface area contributed by atoms with Crippen LogP contribution in [0.4, 0.5) is 4.39 Å². The summed E-state index contributed by atoms with van der Waals surface area (Å²) in [5.74, 6) is -0.201. The maximum absolute atomic E-state index is 12.9. The summed E-state index contributed by atoms with van der Waals surface area (Å²) in [5, 5.41) is 0. The monoisotopic (exact) mass is 286 g/mol. The molecule has 102 valence electrons. The summed E-state index contributed by atoms with van der Waals surface area (Å²) in [7, 11) is 0. The molecular formula is C16H15FN2S. The Morgan fingerprint density at radius 1 is 1.15 bits per heavy atom. The van der Waals surface area contributed by atoms with E-state index in [4.69, 9.17) is 12.2 Å². The van der Waals surface area contributed by atoms with E-state index in [0.717, 1.165) is 34.3 Å². The maximum atomic E-state index is 12.9. The van der Waals surface area contributed by atoms with E-state index in [1.807, 2.05) is 24.3 Å². The van der Waals surface area contributed by atoms with Crippen molar-refractivity contribution in [3.8, 4) is 0 Å². The molecule has 3 aromatic rings. The van der Waals surface area contributed by atoms with Crippen LogP contribution >= 0.6 is 12.2 Å². The van der Waals surface area contributed by atoms with Crippen LogP contribution in [0, 0.1) is 17.5 Å². The van der Waals surface area contributed by atoms with Gasteiger partial charge in [0.15, 0.2) is 4.77 Å². The number of aryl methyl sites for hydroxylation is 3.